The standard InChI is InChI=1S/C29H33N3O4S/c1-21-9-12-25(13-10-21)37(34,35)32-20-28(36-27-14-11-22(2)17-26(27)32)29(33)30-18-23-7-3-4-8-24(23)19-31-15-5-6-16-31/h3-4,7-14,17,28H,5-6,15-16,18-20H2,1-2H3,(H,30,33)/t28-/m1/s1. The monoisotopic (exact) mass is 519 g/mol. The molecule has 1 N–H and O–H groups in total. The van der Waals surface area contributed by atoms with Crippen LogP contribution in [0.25, 0.3) is 0 Å². The van der Waals surface area contributed by atoms with Crippen molar-refractivity contribution in [1.29, 1.82) is 0 Å². The quantitative estimate of drug-likeness (QED) is 0.507. The molecule has 0 aliphatic carbocycles. The third-order valence-corrected chi connectivity index (χ3v) is 8.84. The zero-order chi connectivity index (χ0) is 26.0. The molecule has 8 heteroatoms. The van der Waals surface area contributed by atoms with Gasteiger partial charge in [0.05, 0.1) is 17.1 Å². The molecular weight excluding hydrogens is 486 g/mol. The highest BCUT2D eigenvalue weighted by Gasteiger charge is 2.37. The first-order valence-corrected chi connectivity index (χ1v) is 14.2. The maximum Gasteiger partial charge on any atom is 0.264 e. The summed E-state index contributed by atoms with van der Waals surface area (Å²) in [5.74, 6) is 0.0356. The summed E-state index contributed by atoms with van der Waals surface area (Å²) in [5.41, 5.74) is 4.57. The average Bonchev–Trinajstić information content (AvgIpc) is 3.40. The van der Waals surface area contributed by atoms with Crippen LogP contribution in [0.4, 0.5) is 5.69 Å². The molecule has 1 saturated heterocycles. The summed E-state index contributed by atoms with van der Waals surface area (Å²) in [6.07, 6.45) is 1.48. The first kappa shape index (κ1) is 25.3. The molecule has 3 aromatic rings. The molecule has 0 spiro atoms. The second-order valence-corrected chi connectivity index (χ2v) is 11.8. The number of rotatable bonds is 7. The summed E-state index contributed by atoms with van der Waals surface area (Å²) in [6, 6.07) is 20.2. The molecule has 1 amide bonds. The molecule has 37 heavy (non-hydrogen) atoms. The van der Waals surface area contributed by atoms with E-state index in [1.54, 1.807) is 36.4 Å². The van der Waals surface area contributed by atoms with Crippen LogP contribution in [0.2, 0.25) is 0 Å². The van der Waals surface area contributed by atoms with Crippen LogP contribution in [0.3, 0.4) is 0 Å². The Balaban J connectivity index is 1.36. The Morgan fingerprint density at radius 2 is 1.62 bits per heavy atom. The van der Waals surface area contributed by atoms with E-state index in [-0.39, 0.29) is 17.3 Å². The Hall–Kier alpha value is -3.36. The molecule has 5 rings (SSSR count). The van der Waals surface area contributed by atoms with E-state index in [9.17, 15) is 13.2 Å². The van der Waals surface area contributed by atoms with Crippen LogP contribution >= 0.6 is 0 Å². The Morgan fingerprint density at radius 3 is 2.35 bits per heavy atom. The molecule has 0 aromatic heterocycles. The molecule has 2 aliphatic heterocycles. The number of anilines is 1. The molecule has 7 nitrogen and oxygen atoms in total. The molecule has 0 bridgehead atoms. The first-order valence-electron chi connectivity index (χ1n) is 12.7. The number of nitrogens with zero attached hydrogens (tertiary/aromatic N) is 2. The minimum atomic E-state index is -3.89. The average molecular weight is 520 g/mol. The summed E-state index contributed by atoms with van der Waals surface area (Å²) < 4.78 is 34.7. The highest BCUT2D eigenvalue weighted by Crippen LogP contribution is 2.37. The predicted molar refractivity (Wildman–Crippen MR) is 144 cm³/mol. The van der Waals surface area contributed by atoms with Crippen LogP contribution < -0.4 is 14.4 Å². The van der Waals surface area contributed by atoms with Gasteiger partial charge in [0.1, 0.15) is 5.75 Å². The van der Waals surface area contributed by atoms with Gasteiger partial charge in [0.2, 0.25) is 0 Å². The molecule has 0 unspecified atom stereocenters. The number of hydrogen-bond donors (Lipinski definition) is 1. The van der Waals surface area contributed by atoms with E-state index < -0.39 is 16.1 Å². The number of aryl methyl sites for hydroxylation is 2. The Kier molecular flexibility index (Phi) is 7.22. The third-order valence-electron chi connectivity index (χ3n) is 7.05. The summed E-state index contributed by atoms with van der Waals surface area (Å²) in [4.78, 5) is 15.9. The second kappa shape index (κ2) is 10.6. The lowest BCUT2D eigenvalue weighted by atomic mass is 10.1. The van der Waals surface area contributed by atoms with Crippen molar-refractivity contribution < 1.29 is 17.9 Å². The van der Waals surface area contributed by atoms with Gasteiger partial charge in [0.25, 0.3) is 15.9 Å². The lowest BCUT2D eigenvalue weighted by molar-refractivity contribution is -0.127. The Morgan fingerprint density at radius 1 is 0.946 bits per heavy atom. The lowest BCUT2D eigenvalue weighted by Gasteiger charge is -2.35. The number of sulfonamides is 1. The van der Waals surface area contributed by atoms with Crippen LogP contribution in [-0.4, -0.2) is 45.0 Å². The molecule has 2 heterocycles. The maximum absolute atomic E-state index is 13.7. The zero-order valence-corrected chi connectivity index (χ0v) is 22.1. The molecule has 3 aromatic carbocycles. The van der Waals surface area contributed by atoms with Crippen LogP contribution in [-0.2, 0) is 27.9 Å². The van der Waals surface area contributed by atoms with Gasteiger partial charge in [-0.2, -0.15) is 0 Å². The van der Waals surface area contributed by atoms with Crippen molar-refractivity contribution >= 4 is 21.6 Å². The van der Waals surface area contributed by atoms with Gasteiger partial charge < -0.3 is 10.1 Å². The fraction of sp³-hybridized carbons (Fsp3) is 0.345. The SMILES string of the molecule is Cc1ccc(S(=O)(=O)N2C[C@H](C(=O)NCc3ccccc3CN3CCCC3)Oc3ccc(C)cc32)cc1. The first-order chi connectivity index (χ1) is 17.8. The number of carbonyl (C=O) groups excluding carboxylic acids is 1. The smallest absolute Gasteiger partial charge is 0.264 e. The van der Waals surface area contributed by atoms with E-state index in [2.05, 4.69) is 16.3 Å². The van der Waals surface area contributed by atoms with Crippen molar-refractivity contribution in [3.05, 3.63) is 89.0 Å². The molecule has 1 fully saturated rings. The molecule has 2 aliphatic rings. The molecule has 0 saturated carbocycles. The fourth-order valence-corrected chi connectivity index (χ4v) is 6.39. The number of benzene rings is 3. The second-order valence-electron chi connectivity index (χ2n) is 9.90. The van der Waals surface area contributed by atoms with Crippen molar-refractivity contribution in [2.45, 2.75) is 50.8 Å². The number of carbonyl (C=O) groups is 1. The molecule has 1 atom stereocenters. The van der Waals surface area contributed by atoms with Crippen LogP contribution in [0.15, 0.2) is 71.6 Å². The highest BCUT2D eigenvalue weighted by molar-refractivity contribution is 7.92. The zero-order valence-electron chi connectivity index (χ0n) is 21.3. The largest absolute Gasteiger partial charge is 0.476 e. The van der Waals surface area contributed by atoms with Crippen molar-refractivity contribution in [1.82, 2.24) is 10.2 Å². The van der Waals surface area contributed by atoms with Crippen molar-refractivity contribution in [3.8, 4) is 5.75 Å². The van der Waals surface area contributed by atoms with E-state index in [0.717, 1.165) is 36.3 Å². The fourth-order valence-electron chi connectivity index (χ4n) is 4.92. The molecular formula is C29H33N3O4S. The topological polar surface area (TPSA) is 79.0 Å². The van der Waals surface area contributed by atoms with Gasteiger partial charge in [-0.1, -0.05) is 48.0 Å². The summed E-state index contributed by atoms with van der Waals surface area (Å²) in [5, 5.41) is 2.99. The summed E-state index contributed by atoms with van der Waals surface area (Å²) in [6.45, 7) is 7.12. The minimum absolute atomic E-state index is 0.103. The van der Waals surface area contributed by atoms with Gasteiger partial charge in [-0.15, -0.1) is 0 Å². The number of fused-ring (bicyclic) bond motifs is 1. The van der Waals surface area contributed by atoms with Crippen LogP contribution in [0, 0.1) is 13.8 Å². The van der Waals surface area contributed by atoms with Crippen LogP contribution in [0.5, 0.6) is 5.75 Å². The predicted octanol–water partition coefficient (Wildman–Crippen LogP) is 4.17. The van der Waals surface area contributed by atoms with Crippen molar-refractivity contribution in [2.75, 3.05) is 23.9 Å². The summed E-state index contributed by atoms with van der Waals surface area (Å²) >= 11 is 0. The van der Waals surface area contributed by atoms with Crippen molar-refractivity contribution in [3.63, 3.8) is 0 Å². The highest BCUT2D eigenvalue weighted by atomic mass is 32.2. The third kappa shape index (κ3) is 5.50. The number of likely N-dealkylation sites (tertiary alicyclic amines) is 1. The normalized spacial score (nSPS) is 17.8. The maximum atomic E-state index is 13.7. The Bertz CT molecular complexity index is 1380. The van der Waals surface area contributed by atoms with Gasteiger partial charge in [0.15, 0.2) is 6.10 Å². The Labute approximate surface area is 219 Å². The van der Waals surface area contributed by atoms with Gasteiger partial charge in [-0.25, -0.2) is 8.42 Å². The van der Waals surface area contributed by atoms with Crippen molar-refractivity contribution in [2.24, 2.45) is 0 Å². The number of hydrogen-bond acceptors (Lipinski definition) is 5. The number of nitrogens with one attached hydrogen (secondary N) is 1. The lowest BCUT2D eigenvalue weighted by Crippen LogP contribution is -2.50. The van der Waals surface area contributed by atoms with E-state index >= 15 is 0 Å². The van der Waals surface area contributed by atoms with Gasteiger partial charge in [0, 0.05) is 13.1 Å². The van der Waals surface area contributed by atoms with Gasteiger partial charge in [-0.3, -0.25) is 14.0 Å². The van der Waals surface area contributed by atoms with E-state index in [1.165, 1.54) is 22.7 Å². The minimum Gasteiger partial charge on any atom is -0.476 e. The van der Waals surface area contributed by atoms with Gasteiger partial charge >= 0.3 is 0 Å². The van der Waals surface area contributed by atoms with E-state index in [0.29, 0.717) is 18.0 Å². The summed E-state index contributed by atoms with van der Waals surface area (Å²) in [7, 11) is -3.89. The number of ether oxygens (including phenoxy) is 1. The van der Waals surface area contributed by atoms with E-state index in [4.69, 9.17) is 4.74 Å². The van der Waals surface area contributed by atoms with Gasteiger partial charge in [-0.05, 0) is 80.7 Å². The molecule has 194 valence electrons. The van der Waals surface area contributed by atoms with E-state index in [1.807, 2.05) is 38.1 Å². The molecule has 0 radical (unpaired) electrons. The van der Waals surface area contributed by atoms with Crippen LogP contribution in [0.1, 0.15) is 35.1 Å². The number of amides is 1.